The summed E-state index contributed by atoms with van der Waals surface area (Å²) < 4.78 is 0. The maximum atomic E-state index is 2.30. The molecule has 0 aromatic heterocycles. The van der Waals surface area contributed by atoms with Crippen LogP contribution in [0.25, 0.3) is 0 Å². The van der Waals surface area contributed by atoms with Crippen LogP contribution in [0.4, 0.5) is 0 Å². The molecule has 4 aromatic carbocycles. The van der Waals surface area contributed by atoms with Crippen LogP contribution in [0.5, 0.6) is 0 Å². The van der Waals surface area contributed by atoms with Crippen molar-refractivity contribution in [1.82, 2.24) is 0 Å². The van der Waals surface area contributed by atoms with Crippen molar-refractivity contribution in [3.63, 3.8) is 0 Å². The summed E-state index contributed by atoms with van der Waals surface area (Å²) in [7, 11) is -0.696. The minimum atomic E-state index is -0.348. The molecule has 0 saturated carbocycles. The van der Waals surface area contributed by atoms with Gasteiger partial charge >= 0.3 is 0 Å². The predicted molar refractivity (Wildman–Crippen MR) is 128 cm³/mol. The van der Waals surface area contributed by atoms with Crippen LogP contribution in [0.3, 0.4) is 0 Å². The molecule has 0 heterocycles. The fraction of sp³-hybridized carbons (Fsp3) is 0.0769. The Labute approximate surface area is 187 Å². The van der Waals surface area contributed by atoms with Crippen molar-refractivity contribution in [2.45, 2.75) is 0 Å². The molecule has 149 valence electrons. The van der Waals surface area contributed by atoms with Crippen LogP contribution in [-0.2, 0) is 17.1 Å². The number of benzene rings is 4. The molecule has 0 atom stereocenters. The summed E-state index contributed by atoms with van der Waals surface area (Å²) in [5.41, 5.74) is 0. The molecule has 0 aliphatic carbocycles. The van der Waals surface area contributed by atoms with Gasteiger partial charge in [0.15, 0.2) is 0 Å². The maximum Gasteiger partial charge on any atom is 0 e. The molecule has 4 rings (SSSR count). The van der Waals surface area contributed by atoms with E-state index in [0.29, 0.717) is 0 Å². The topological polar surface area (TPSA) is 0 Å². The van der Waals surface area contributed by atoms with E-state index in [1.54, 1.807) is 0 Å². The van der Waals surface area contributed by atoms with Gasteiger partial charge in [0.25, 0.3) is 0 Å². The second kappa shape index (κ2) is 11.4. The molecular weight excluding hydrogens is 438 g/mol. The van der Waals surface area contributed by atoms with Gasteiger partial charge in [-0.15, -0.1) is 0 Å². The van der Waals surface area contributed by atoms with Crippen molar-refractivity contribution in [2.24, 2.45) is 0 Å². The Hall–Kier alpha value is -1.74. The van der Waals surface area contributed by atoms with Crippen molar-refractivity contribution >= 4 is 37.1 Å². The first-order valence-corrected chi connectivity index (χ1v) is 12.7. The Bertz CT molecular complexity index is 798. The van der Waals surface area contributed by atoms with Crippen molar-refractivity contribution in [1.29, 1.82) is 0 Å². The maximum absolute atomic E-state index is 2.30. The Morgan fingerprint density at radius 1 is 0.345 bits per heavy atom. The molecule has 0 nitrogen and oxygen atoms in total. The molecule has 0 fully saturated rings. The largest absolute Gasteiger partial charge is 0.0622 e. The number of hydrogen-bond donors (Lipinski definition) is 0. The standard InChI is InChI=1S/C26H24P2.Cu/c1-5-13-23(14-6-1)27(24-15-7-2-8-16-24)21-22-28(25-17-9-3-10-18-25)26-19-11-4-12-20-26;/h1-20H,21-22H2;. The van der Waals surface area contributed by atoms with E-state index in [2.05, 4.69) is 121 Å². The normalized spacial score (nSPS) is 10.7. The third-order valence-corrected chi connectivity index (χ3v) is 10.2. The molecule has 0 aliphatic rings. The van der Waals surface area contributed by atoms with E-state index in [-0.39, 0.29) is 32.9 Å². The zero-order valence-electron chi connectivity index (χ0n) is 16.2. The van der Waals surface area contributed by atoms with Crippen LogP contribution in [0.2, 0.25) is 0 Å². The zero-order chi connectivity index (χ0) is 19.0. The summed E-state index contributed by atoms with van der Waals surface area (Å²) in [4.78, 5) is 0. The van der Waals surface area contributed by atoms with E-state index in [1.165, 1.54) is 33.5 Å². The van der Waals surface area contributed by atoms with Gasteiger partial charge in [-0.1, -0.05) is 121 Å². The fourth-order valence-electron chi connectivity index (χ4n) is 3.45. The van der Waals surface area contributed by atoms with E-state index in [4.69, 9.17) is 0 Å². The second-order valence-electron chi connectivity index (χ2n) is 6.65. The molecule has 1 radical (unpaired) electrons. The molecule has 0 saturated heterocycles. The Balaban J connectivity index is 0.00000240. The van der Waals surface area contributed by atoms with Gasteiger partial charge in [0.1, 0.15) is 0 Å². The van der Waals surface area contributed by atoms with Gasteiger partial charge < -0.3 is 0 Å². The quantitative estimate of drug-likeness (QED) is 0.260. The van der Waals surface area contributed by atoms with Gasteiger partial charge in [0.2, 0.25) is 0 Å². The molecular formula is C26H24CuP2. The van der Waals surface area contributed by atoms with E-state index >= 15 is 0 Å². The van der Waals surface area contributed by atoms with E-state index in [0.717, 1.165) is 0 Å². The van der Waals surface area contributed by atoms with E-state index in [9.17, 15) is 0 Å². The molecule has 0 bridgehead atoms. The first-order chi connectivity index (χ1) is 13.9. The van der Waals surface area contributed by atoms with Gasteiger partial charge in [0.05, 0.1) is 0 Å². The molecule has 29 heavy (non-hydrogen) atoms. The van der Waals surface area contributed by atoms with Gasteiger partial charge in [-0.25, -0.2) is 0 Å². The molecule has 0 unspecified atom stereocenters. The van der Waals surface area contributed by atoms with Crippen molar-refractivity contribution in [3.8, 4) is 0 Å². The third kappa shape index (κ3) is 5.88. The molecule has 4 aromatic rings. The first kappa shape index (κ1) is 22.0. The minimum Gasteiger partial charge on any atom is -0.0622 e. The summed E-state index contributed by atoms with van der Waals surface area (Å²) in [6.45, 7) is 0. The predicted octanol–water partition coefficient (Wildman–Crippen LogP) is 5.25. The van der Waals surface area contributed by atoms with Crippen molar-refractivity contribution in [3.05, 3.63) is 121 Å². The zero-order valence-corrected chi connectivity index (χ0v) is 18.9. The van der Waals surface area contributed by atoms with Crippen molar-refractivity contribution in [2.75, 3.05) is 12.3 Å². The fourth-order valence-corrected chi connectivity index (χ4v) is 8.80. The summed E-state index contributed by atoms with van der Waals surface area (Å²) in [6, 6.07) is 44.2. The van der Waals surface area contributed by atoms with Gasteiger partial charge in [-0.3, -0.25) is 0 Å². The van der Waals surface area contributed by atoms with Crippen LogP contribution >= 0.6 is 15.8 Å². The van der Waals surface area contributed by atoms with Gasteiger partial charge in [0, 0.05) is 17.1 Å². The molecule has 0 spiro atoms. The van der Waals surface area contributed by atoms with E-state index in [1.807, 2.05) is 0 Å². The smallest absolute Gasteiger partial charge is 0 e. The second-order valence-corrected chi connectivity index (χ2v) is 11.3. The van der Waals surface area contributed by atoms with Crippen LogP contribution < -0.4 is 21.2 Å². The van der Waals surface area contributed by atoms with Crippen LogP contribution in [0.15, 0.2) is 121 Å². The minimum absolute atomic E-state index is 0. The first-order valence-electron chi connectivity index (χ1n) is 9.67. The number of hydrogen-bond acceptors (Lipinski definition) is 0. The summed E-state index contributed by atoms with van der Waals surface area (Å²) in [6.07, 6.45) is 2.41. The third-order valence-electron chi connectivity index (χ3n) is 4.82. The Morgan fingerprint density at radius 2 is 0.552 bits per heavy atom. The van der Waals surface area contributed by atoms with Crippen LogP contribution in [0.1, 0.15) is 0 Å². The molecule has 0 amide bonds. The number of rotatable bonds is 7. The van der Waals surface area contributed by atoms with Gasteiger partial charge in [-0.2, -0.15) is 0 Å². The molecule has 3 heteroatoms. The van der Waals surface area contributed by atoms with Crippen LogP contribution in [0, 0.1) is 0 Å². The SMILES string of the molecule is [Cu].c1ccc(P(CCP(c2ccccc2)c2ccccc2)c2ccccc2)cc1. The summed E-state index contributed by atoms with van der Waals surface area (Å²) >= 11 is 0. The summed E-state index contributed by atoms with van der Waals surface area (Å²) in [5, 5.41) is 5.89. The Morgan fingerprint density at radius 3 is 0.759 bits per heavy atom. The monoisotopic (exact) mass is 461 g/mol. The molecule has 0 aliphatic heterocycles. The van der Waals surface area contributed by atoms with Crippen LogP contribution in [-0.4, -0.2) is 12.3 Å². The van der Waals surface area contributed by atoms with Gasteiger partial charge in [-0.05, 0) is 49.4 Å². The Kier molecular flexibility index (Phi) is 8.67. The molecule has 0 N–H and O–H groups in total. The van der Waals surface area contributed by atoms with E-state index < -0.39 is 0 Å². The van der Waals surface area contributed by atoms with Crippen molar-refractivity contribution < 1.29 is 17.1 Å². The summed E-state index contributed by atoms with van der Waals surface area (Å²) in [5.74, 6) is 0. The average Bonchev–Trinajstić information content (AvgIpc) is 2.79. The average molecular weight is 462 g/mol.